The first-order valence-corrected chi connectivity index (χ1v) is 1.82. The molecule has 1 heterocycles. The van der Waals surface area contributed by atoms with Gasteiger partial charge in [-0.1, -0.05) is 0 Å². The number of nitrogens with two attached hydrogens (primary N) is 1. The second-order valence-corrected chi connectivity index (χ2v) is 1.22. The predicted octanol–water partition coefficient (Wildman–Crippen LogP) is -4.04. The minimum atomic E-state index is 0. The fourth-order valence-corrected chi connectivity index (χ4v) is 0.204. The average molecular weight is 185 g/mol. The average Bonchev–Trinajstić information content (AvgIpc) is 0.722. The van der Waals surface area contributed by atoms with Gasteiger partial charge in [-0.2, -0.15) is 0 Å². The summed E-state index contributed by atoms with van der Waals surface area (Å²) < 4.78 is 0. The van der Waals surface area contributed by atoms with Crippen LogP contribution in [0.15, 0.2) is 0 Å². The van der Waals surface area contributed by atoms with Gasteiger partial charge in [-0.3, -0.25) is 0 Å². The van der Waals surface area contributed by atoms with Crippen LogP contribution in [0.5, 0.6) is 0 Å². The number of hydrogen-bond donors (Lipinski definition) is 1. The number of rotatable bonds is 0. The van der Waals surface area contributed by atoms with Crippen molar-refractivity contribution in [1.29, 1.82) is 0 Å². The van der Waals surface area contributed by atoms with Gasteiger partial charge in [0.1, 0.15) is 0 Å². The van der Waals surface area contributed by atoms with E-state index in [1.54, 1.807) is 0 Å². The third-order valence-corrected chi connectivity index (χ3v) is 0.816. The van der Waals surface area contributed by atoms with Crippen molar-refractivity contribution in [3.05, 3.63) is 0 Å². The molecule has 0 radical (unpaired) electrons. The summed E-state index contributed by atoms with van der Waals surface area (Å²) in [6.07, 6.45) is 1.44. The quantitative estimate of drug-likeness (QED) is 0.370. The zero-order valence-corrected chi connectivity index (χ0v) is 5.23. The highest BCUT2D eigenvalue weighted by molar-refractivity contribution is 4.32. The molecule has 0 amide bonds. The number of halogens is 1. The van der Waals surface area contributed by atoms with Crippen LogP contribution in [0, 0.1) is 0 Å². The standard InChI is InChI=1S/C3H7N.HI/c1-2-4-3-1;/h4H,1-3H2;1H. The van der Waals surface area contributed by atoms with Crippen LogP contribution >= 0.6 is 0 Å². The fourth-order valence-electron chi connectivity index (χ4n) is 0.204. The topological polar surface area (TPSA) is 16.6 Å². The smallest absolute Gasteiger partial charge is 0.0809 e. The maximum atomic E-state index is 2.31. The first-order chi connectivity index (χ1) is 2.00. The third-order valence-electron chi connectivity index (χ3n) is 0.816. The molecule has 32 valence electrons. The molecule has 1 aliphatic heterocycles. The van der Waals surface area contributed by atoms with Crippen LogP contribution in [0.2, 0.25) is 0 Å². The maximum Gasteiger partial charge on any atom is 0.0809 e. The molecule has 1 rings (SSSR count). The zero-order chi connectivity index (χ0) is 2.83. The Balaban J connectivity index is 0.000000160. The normalized spacial score (nSPS) is 19.2. The van der Waals surface area contributed by atoms with E-state index in [2.05, 4.69) is 5.32 Å². The van der Waals surface area contributed by atoms with Crippen molar-refractivity contribution >= 4 is 0 Å². The molecule has 0 unspecified atom stereocenters. The van der Waals surface area contributed by atoms with Gasteiger partial charge < -0.3 is 29.3 Å². The van der Waals surface area contributed by atoms with Gasteiger partial charge in [-0.05, 0) is 0 Å². The number of hydrogen-bond acceptors (Lipinski definition) is 0. The molecule has 1 saturated heterocycles. The molecule has 1 aliphatic rings. The van der Waals surface area contributed by atoms with E-state index < -0.39 is 0 Å². The van der Waals surface area contributed by atoms with Crippen molar-refractivity contribution in [3.63, 3.8) is 0 Å². The lowest BCUT2D eigenvalue weighted by Gasteiger charge is -2.05. The Bertz CT molecular complexity index is 14.9. The van der Waals surface area contributed by atoms with Crippen molar-refractivity contribution in [3.8, 4) is 0 Å². The Hall–Kier alpha value is 0.690. The van der Waals surface area contributed by atoms with Gasteiger partial charge in [0, 0.05) is 6.42 Å². The highest BCUT2D eigenvalue weighted by Crippen LogP contribution is 1.67. The summed E-state index contributed by atoms with van der Waals surface area (Å²) in [6.45, 7) is 2.75. The molecule has 0 aromatic heterocycles. The van der Waals surface area contributed by atoms with Gasteiger partial charge in [0.2, 0.25) is 0 Å². The molecule has 0 aliphatic carbocycles. The van der Waals surface area contributed by atoms with E-state index in [0.29, 0.717) is 0 Å². The van der Waals surface area contributed by atoms with Crippen LogP contribution in [0.25, 0.3) is 0 Å². The molecule has 2 N–H and O–H groups in total. The van der Waals surface area contributed by atoms with Crippen LogP contribution in [-0.2, 0) is 0 Å². The van der Waals surface area contributed by atoms with Crippen LogP contribution < -0.4 is 29.3 Å². The van der Waals surface area contributed by atoms with Crippen LogP contribution in [0.3, 0.4) is 0 Å². The van der Waals surface area contributed by atoms with Crippen molar-refractivity contribution in [2.75, 3.05) is 13.1 Å². The fraction of sp³-hybridized carbons (Fsp3) is 1.00. The summed E-state index contributed by atoms with van der Waals surface area (Å²) in [6, 6.07) is 0. The van der Waals surface area contributed by atoms with E-state index in [-0.39, 0.29) is 24.0 Å². The summed E-state index contributed by atoms with van der Waals surface area (Å²) in [5.41, 5.74) is 0. The molecular weight excluding hydrogens is 177 g/mol. The van der Waals surface area contributed by atoms with Gasteiger partial charge in [-0.15, -0.1) is 0 Å². The molecule has 0 bridgehead atoms. The first-order valence-electron chi connectivity index (χ1n) is 1.82. The molecular formula is C3H8IN. The summed E-state index contributed by atoms with van der Waals surface area (Å²) in [5.74, 6) is 0. The lowest BCUT2D eigenvalue weighted by molar-refractivity contribution is -0.705. The van der Waals surface area contributed by atoms with Crippen LogP contribution in [0.4, 0.5) is 0 Å². The third kappa shape index (κ3) is 1.54. The van der Waals surface area contributed by atoms with Crippen molar-refractivity contribution in [1.82, 2.24) is 0 Å². The minimum absolute atomic E-state index is 0. The highest BCUT2D eigenvalue weighted by Gasteiger charge is 1.98. The Morgan fingerprint density at radius 1 is 1.20 bits per heavy atom. The second-order valence-electron chi connectivity index (χ2n) is 1.22. The van der Waals surface area contributed by atoms with E-state index in [9.17, 15) is 0 Å². The second kappa shape index (κ2) is 2.90. The van der Waals surface area contributed by atoms with E-state index >= 15 is 0 Å². The van der Waals surface area contributed by atoms with Gasteiger partial charge in [-0.25, -0.2) is 0 Å². The monoisotopic (exact) mass is 185 g/mol. The van der Waals surface area contributed by atoms with Gasteiger partial charge in [0.05, 0.1) is 13.1 Å². The summed E-state index contributed by atoms with van der Waals surface area (Å²) in [4.78, 5) is 0. The van der Waals surface area contributed by atoms with Crippen molar-refractivity contribution < 1.29 is 29.3 Å². The van der Waals surface area contributed by atoms with Crippen molar-refractivity contribution in [2.45, 2.75) is 6.42 Å². The molecule has 5 heavy (non-hydrogen) atoms. The van der Waals surface area contributed by atoms with Gasteiger partial charge in [0.15, 0.2) is 0 Å². The zero-order valence-electron chi connectivity index (χ0n) is 3.08. The molecule has 0 saturated carbocycles. The molecule has 0 aromatic rings. The van der Waals surface area contributed by atoms with E-state index in [4.69, 9.17) is 0 Å². The molecule has 2 heteroatoms. The van der Waals surface area contributed by atoms with E-state index in [1.165, 1.54) is 19.5 Å². The Morgan fingerprint density at radius 2 is 1.40 bits per heavy atom. The lowest BCUT2D eigenvalue weighted by Crippen LogP contribution is -3.00. The molecule has 1 nitrogen and oxygen atoms in total. The molecule has 1 fully saturated rings. The largest absolute Gasteiger partial charge is 1.00 e. The Morgan fingerprint density at radius 3 is 1.40 bits per heavy atom. The predicted molar refractivity (Wildman–Crippen MR) is 16.3 cm³/mol. The van der Waals surface area contributed by atoms with Crippen molar-refractivity contribution in [2.24, 2.45) is 0 Å². The summed E-state index contributed by atoms with van der Waals surface area (Å²) >= 11 is 0. The molecule has 0 aromatic carbocycles. The lowest BCUT2D eigenvalue weighted by atomic mass is 10.3. The van der Waals surface area contributed by atoms with Crippen LogP contribution in [0.1, 0.15) is 6.42 Å². The summed E-state index contributed by atoms with van der Waals surface area (Å²) in [5, 5.41) is 2.31. The highest BCUT2D eigenvalue weighted by atomic mass is 127. The Kier molecular flexibility index (Phi) is 3.30. The van der Waals surface area contributed by atoms with E-state index in [1.807, 2.05) is 0 Å². The summed E-state index contributed by atoms with van der Waals surface area (Å²) in [7, 11) is 0. The van der Waals surface area contributed by atoms with Crippen LogP contribution in [-0.4, -0.2) is 13.1 Å². The van der Waals surface area contributed by atoms with Gasteiger partial charge >= 0.3 is 0 Å². The minimum Gasteiger partial charge on any atom is -1.00 e. The maximum absolute atomic E-state index is 2.31. The first kappa shape index (κ1) is 5.69. The SMILES string of the molecule is C1C[NH2+]C1.[I-]. The Labute approximate surface area is 49.2 Å². The van der Waals surface area contributed by atoms with E-state index in [0.717, 1.165) is 0 Å². The number of quaternary nitrogens is 1. The molecule has 0 atom stereocenters. The molecule has 0 spiro atoms. The van der Waals surface area contributed by atoms with Gasteiger partial charge in [0.25, 0.3) is 0 Å².